The highest BCUT2D eigenvalue weighted by Gasteiger charge is 2.17. The molecular weight excluding hydrogens is 340 g/mol. The third kappa shape index (κ3) is 5.28. The summed E-state index contributed by atoms with van der Waals surface area (Å²) in [5, 5.41) is 0. The number of esters is 2. The highest BCUT2D eigenvalue weighted by Crippen LogP contribution is 2.32. The average molecular weight is 362 g/mol. The zero-order chi connectivity index (χ0) is 19.6. The van der Waals surface area contributed by atoms with Gasteiger partial charge in [0.25, 0.3) is 0 Å². The molecule has 4 nitrogen and oxygen atoms in total. The highest BCUT2D eigenvalue weighted by atomic mass is 16.6. The van der Waals surface area contributed by atoms with Gasteiger partial charge in [-0.05, 0) is 42.8 Å². The molecule has 0 N–H and O–H groups in total. The van der Waals surface area contributed by atoms with Crippen molar-refractivity contribution in [2.75, 3.05) is 0 Å². The van der Waals surface area contributed by atoms with Crippen molar-refractivity contribution in [2.24, 2.45) is 0 Å². The van der Waals surface area contributed by atoms with Crippen LogP contribution in [0.15, 0.2) is 78.9 Å². The Morgan fingerprint density at radius 2 is 1.11 bits per heavy atom. The molecule has 0 unspecified atom stereocenters. The van der Waals surface area contributed by atoms with Gasteiger partial charge in [-0.3, -0.25) is 0 Å². The van der Waals surface area contributed by atoms with E-state index in [4.69, 9.17) is 9.47 Å². The molecule has 27 heavy (non-hydrogen) atoms. The van der Waals surface area contributed by atoms with Crippen LogP contribution < -0.4 is 9.47 Å². The van der Waals surface area contributed by atoms with Crippen molar-refractivity contribution in [1.29, 1.82) is 0 Å². The summed E-state index contributed by atoms with van der Waals surface area (Å²) < 4.78 is 10.9. The van der Waals surface area contributed by atoms with Crippen LogP contribution in [0.1, 0.15) is 40.1 Å². The van der Waals surface area contributed by atoms with Gasteiger partial charge in [-0.2, -0.15) is 0 Å². The van der Waals surface area contributed by atoms with Gasteiger partial charge in [0.2, 0.25) is 0 Å². The van der Waals surface area contributed by atoms with Crippen LogP contribution >= 0.6 is 0 Å². The quantitative estimate of drug-likeness (QED) is 0.457. The lowest BCUT2D eigenvalue weighted by Crippen LogP contribution is -2.13. The molecule has 0 fully saturated rings. The predicted octanol–water partition coefficient (Wildman–Crippen LogP) is 5.46. The SMILES string of the molecule is CC.Cc1cccc(OC(=O)c2ccccc2)c1OC(=O)c1ccccc1. The summed E-state index contributed by atoms with van der Waals surface area (Å²) in [6.45, 7) is 5.79. The molecule has 0 saturated carbocycles. The summed E-state index contributed by atoms with van der Waals surface area (Å²) >= 11 is 0. The molecule has 0 saturated heterocycles. The van der Waals surface area contributed by atoms with Gasteiger partial charge in [-0.25, -0.2) is 9.59 Å². The fourth-order valence-electron chi connectivity index (χ4n) is 2.30. The smallest absolute Gasteiger partial charge is 0.343 e. The van der Waals surface area contributed by atoms with Crippen LogP contribution in [0.4, 0.5) is 0 Å². The van der Waals surface area contributed by atoms with Crippen LogP contribution in [0.25, 0.3) is 0 Å². The largest absolute Gasteiger partial charge is 0.419 e. The lowest BCUT2D eigenvalue weighted by Gasteiger charge is -2.13. The Hall–Kier alpha value is -3.40. The predicted molar refractivity (Wildman–Crippen MR) is 105 cm³/mol. The van der Waals surface area contributed by atoms with E-state index in [9.17, 15) is 9.59 Å². The van der Waals surface area contributed by atoms with Gasteiger partial charge in [0.15, 0.2) is 11.5 Å². The number of rotatable bonds is 4. The lowest BCUT2D eigenvalue weighted by atomic mass is 10.2. The van der Waals surface area contributed by atoms with E-state index < -0.39 is 11.9 Å². The fraction of sp³-hybridized carbons (Fsp3) is 0.130. The van der Waals surface area contributed by atoms with Crippen molar-refractivity contribution >= 4 is 11.9 Å². The maximum atomic E-state index is 12.3. The standard InChI is InChI=1S/C21H16O4.C2H6/c1-15-9-8-14-18(24-20(22)16-10-4-2-5-11-16)19(15)25-21(23)17-12-6-3-7-13-17;1-2/h2-14H,1H3;1-2H3. The van der Waals surface area contributed by atoms with E-state index in [0.717, 1.165) is 0 Å². The minimum atomic E-state index is -0.511. The zero-order valence-corrected chi connectivity index (χ0v) is 15.6. The van der Waals surface area contributed by atoms with Crippen molar-refractivity contribution in [3.05, 3.63) is 95.6 Å². The number of carbonyl (C=O) groups is 2. The molecule has 0 bridgehead atoms. The first-order valence-corrected chi connectivity index (χ1v) is 8.79. The van der Waals surface area contributed by atoms with Crippen molar-refractivity contribution in [2.45, 2.75) is 20.8 Å². The fourth-order valence-corrected chi connectivity index (χ4v) is 2.30. The molecule has 0 heterocycles. The van der Waals surface area contributed by atoms with Gasteiger partial charge in [-0.15, -0.1) is 0 Å². The number of para-hydroxylation sites is 1. The molecular formula is C23H22O4. The number of hydrogen-bond donors (Lipinski definition) is 0. The molecule has 0 aromatic heterocycles. The van der Waals surface area contributed by atoms with E-state index >= 15 is 0 Å². The topological polar surface area (TPSA) is 52.6 Å². The Bertz CT molecular complexity index is 887. The number of benzene rings is 3. The maximum absolute atomic E-state index is 12.3. The summed E-state index contributed by atoms with van der Waals surface area (Å²) in [4.78, 5) is 24.6. The molecule has 0 aliphatic rings. The Kier molecular flexibility index (Phi) is 7.32. The first-order chi connectivity index (χ1) is 13.1. The molecule has 0 atom stereocenters. The molecule has 0 spiro atoms. The Morgan fingerprint density at radius 1 is 0.630 bits per heavy atom. The summed E-state index contributed by atoms with van der Waals surface area (Å²) in [6.07, 6.45) is 0. The Balaban J connectivity index is 0.00000126. The minimum absolute atomic E-state index is 0.207. The number of ether oxygens (including phenoxy) is 2. The Morgan fingerprint density at radius 3 is 1.63 bits per heavy atom. The second kappa shape index (κ2) is 9.92. The average Bonchev–Trinajstić information content (AvgIpc) is 2.73. The maximum Gasteiger partial charge on any atom is 0.343 e. The monoisotopic (exact) mass is 362 g/mol. The van der Waals surface area contributed by atoms with Crippen molar-refractivity contribution in [1.82, 2.24) is 0 Å². The van der Waals surface area contributed by atoms with Gasteiger partial charge in [0.1, 0.15) is 0 Å². The van der Waals surface area contributed by atoms with Crippen LogP contribution in [-0.2, 0) is 0 Å². The molecule has 0 amide bonds. The van der Waals surface area contributed by atoms with E-state index in [1.165, 1.54) is 0 Å². The van der Waals surface area contributed by atoms with Crippen molar-refractivity contribution < 1.29 is 19.1 Å². The van der Waals surface area contributed by atoms with E-state index in [-0.39, 0.29) is 11.5 Å². The van der Waals surface area contributed by atoms with E-state index in [0.29, 0.717) is 16.7 Å². The third-order valence-electron chi connectivity index (χ3n) is 3.59. The number of hydrogen-bond acceptors (Lipinski definition) is 4. The molecule has 0 radical (unpaired) electrons. The second-order valence-corrected chi connectivity index (χ2v) is 5.41. The number of carbonyl (C=O) groups excluding carboxylic acids is 2. The normalized spacial score (nSPS) is 9.59. The van der Waals surface area contributed by atoms with Crippen LogP contribution in [0.5, 0.6) is 11.5 Å². The molecule has 0 aliphatic carbocycles. The van der Waals surface area contributed by atoms with Crippen molar-refractivity contribution in [3.63, 3.8) is 0 Å². The van der Waals surface area contributed by atoms with Crippen molar-refractivity contribution in [3.8, 4) is 11.5 Å². The number of aryl methyl sites for hydroxylation is 1. The molecule has 3 rings (SSSR count). The molecule has 3 aromatic carbocycles. The van der Waals surface area contributed by atoms with E-state index in [1.54, 1.807) is 73.7 Å². The highest BCUT2D eigenvalue weighted by molar-refractivity contribution is 5.93. The molecule has 0 aliphatic heterocycles. The summed E-state index contributed by atoms with van der Waals surface area (Å²) in [7, 11) is 0. The summed E-state index contributed by atoms with van der Waals surface area (Å²) in [6, 6.07) is 22.4. The molecule has 3 aromatic rings. The minimum Gasteiger partial charge on any atom is -0.419 e. The summed E-state index contributed by atoms with van der Waals surface area (Å²) in [5.74, 6) is -0.575. The molecule has 4 heteroatoms. The van der Waals surface area contributed by atoms with Crippen LogP contribution in [0.3, 0.4) is 0 Å². The van der Waals surface area contributed by atoms with Crippen LogP contribution in [-0.4, -0.2) is 11.9 Å². The zero-order valence-electron chi connectivity index (χ0n) is 15.6. The first-order valence-electron chi connectivity index (χ1n) is 8.79. The third-order valence-corrected chi connectivity index (χ3v) is 3.59. The van der Waals surface area contributed by atoms with Gasteiger partial charge in [0.05, 0.1) is 11.1 Å². The molecule has 138 valence electrons. The summed E-state index contributed by atoms with van der Waals surface area (Å²) in [5.41, 5.74) is 1.54. The van der Waals surface area contributed by atoms with Gasteiger partial charge in [-0.1, -0.05) is 62.4 Å². The second-order valence-electron chi connectivity index (χ2n) is 5.41. The first kappa shape index (κ1) is 19.9. The Labute approximate surface area is 159 Å². The van der Waals surface area contributed by atoms with Gasteiger partial charge < -0.3 is 9.47 Å². The van der Waals surface area contributed by atoms with Gasteiger partial charge in [0, 0.05) is 0 Å². The van der Waals surface area contributed by atoms with Gasteiger partial charge >= 0.3 is 11.9 Å². The van der Waals surface area contributed by atoms with E-state index in [1.807, 2.05) is 26.0 Å². The van der Waals surface area contributed by atoms with Crippen LogP contribution in [0.2, 0.25) is 0 Å². The van der Waals surface area contributed by atoms with Crippen LogP contribution in [0, 0.1) is 6.92 Å². The van der Waals surface area contributed by atoms with E-state index in [2.05, 4.69) is 0 Å². The lowest BCUT2D eigenvalue weighted by molar-refractivity contribution is 0.0681.